The van der Waals surface area contributed by atoms with E-state index >= 15 is 0 Å². The molecule has 0 unspecified atom stereocenters. The molecule has 0 aliphatic heterocycles. The average Bonchev–Trinajstić information content (AvgIpc) is 3.42. The van der Waals surface area contributed by atoms with Gasteiger partial charge in [-0.1, -0.05) is 6.92 Å². The minimum Gasteiger partial charge on any atom is -0.457 e. The van der Waals surface area contributed by atoms with E-state index in [1.807, 2.05) is 48.5 Å². The van der Waals surface area contributed by atoms with Gasteiger partial charge in [0.2, 0.25) is 0 Å². The van der Waals surface area contributed by atoms with Gasteiger partial charge in [0.1, 0.15) is 17.3 Å². The zero-order chi connectivity index (χ0) is 20.8. The van der Waals surface area contributed by atoms with Crippen LogP contribution in [0.25, 0.3) is 22.3 Å². The van der Waals surface area contributed by atoms with E-state index in [0.29, 0.717) is 0 Å². The molecular weight excluding hydrogens is 378 g/mol. The lowest BCUT2D eigenvalue weighted by molar-refractivity contribution is 0.142. The van der Waals surface area contributed by atoms with E-state index in [2.05, 4.69) is 27.0 Å². The van der Waals surface area contributed by atoms with Gasteiger partial charge in [0, 0.05) is 25.9 Å². The standard InChI is InChI=1S/C23H27N5O2/c1-3-12-28(13-14-29-2)16-23-25-21-9-8-19(15-22(21)26-23)30-18-6-4-17(5-7-18)20-10-11-24-27-20/h4-11,15H,3,12-14,16H2,1-2H3,(H,24,27)(H,25,26). The van der Waals surface area contributed by atoms with Gasteiger partial charge in [-0.05, 0) is 61.0 Å². The Labute approximate surface area is 176 Å². The number of ether oxygens (including phenoxy) is 2. The van der Waals surface area contributed by atoms with E-state index in [4.69, 9.17) is 14.5 Å². The van der Waals surface area contributed by atoms with Crippen LogP contribution in [0.5, 0.6) is 11.5 Å². The van der Waals surface area contributed by atoms with Crippen LogP contribution in [0.3, 0.4) is 0 Å². The molecule has 4 rings (SSSR count). The highest BCUT2D eigenvalue weighted by Crippen LogP contribution is 2.27. The second kappa shape index (κ2) is 9.56. The number of benzene rings is 2. The van der Waals surface area contributed by atoms with Crippen molar-refractivity contribution in [3.63, 3.8) is 0 Å². The summed E-state index contributed by atoms with van der Waals surface area (Å²) in [6.07, 6.45) is 2.84. The van der Waals surface area contributed by atoms with Crippen LogP contribution in [-0.4, -0.2) is 51.9 Å². The minimum absolute atomic E-state index is 0.720. The molecule has 0 saturated heterocycles. The molecule has 0 bridgehead atoms. The lowest BCUT2D eigenvalue weighted by atomic mass is 10.1. The number of nitrogens with one attached hydrogen (secondary N) is 2. The van der Waals surface area contributed by atoms with E-state index < -0.39 is 0 Å². The van der Waals surface area contributed by atoms with E-state index in [9.17, 15) is 0 Å². The number of nitrogens with zero attached hydrogens (tertiary/aromatic N) is 3. The number of hydrogen-bond acceptors (Lipinski definition) is 5. The molecule has 156 valence electrons. The summed E-state index contributed by atoms with van der Waals surface area (Å²) in [5.41, 5.74) is 3.96. The first kappa shape index (κ1) is 20.1. The summed E-state index contributed by atoms with van der Waals surface area (Å²) in [5, 5.41) is 6.95. The molecule has 2 aromatic heterocycles. The van der Waals surface area contributed by atoms with Crippen LogP contribution in [0.2, 0.25) is 0 Å². The number of methoxy groups -OCH3 is 1. The average molecular weight is 406 g/mol. The molecule has 0 spiro atoms. The van der Waals surface area contributed by atoms with Crippen LogP contribution < -0.4 is 4.74 Å². The largest absolute Gasteiger partial charge is 0.457 e. The van der Waals surface area contributed by atoms with Crippen molar-refractivity contribution in [2.75, 3.05) is 26.8 Å². The molecule has 2 aromatic carbocycles. The number of rotatable bonds is 10. The molecule has 0 atom stereocenters. The van der Waals surface area contributed by atoms with E-state index in [0.717, 1.165) is 72.3 Å². The van der Waals surface area contributed by atoms with Gasteiger partial charge in [0.05, 0.1) is 29.9 Å². The van der Waals surface area contributed by atoms with Crippen LogP contribution in [0.15, 0.2) is 54.7 Å². The highest BCUT2D eigenvalue weighted by atomic mass is 16.5. The van der Waals surface area contributed by atoms with Crippen LogP contribution in [-0.2, 0) is 11.3 Å². The quantitative estimate of drug-likeness (QED) is 0.403. The van der Waals surface area contributed by atoms with Gasteiger partial charge >= 0.3 is 0 Å². The maximum absolute atomic E-state index is 6.03. The Bertz CT molecular complexity index is 1060. The van der Waals surface area contributed by atoms with E-state index in [1.165, 1.54) is 0 Å². The molecule has 0 radical (unpaired) electrons. The van der Waals surface area contributed by atoms with Crippen LogP contribution in [0, 0.1) is 0 Å². The van der Waals surface area contributed by atoms with Gasteiger partial charge in [0.15, 0.2) is 0 Å². The maximum atomic E-state index is 6.03. The second-order valence-electron chi connectivity index (χ2n) is 7.23. The maximum Gasteiger partial charge on any atom is 0.129 e. The predicted molar refractivity (Wildman–Crippen MR) is 118 cm³/mol. The molecule has 0 saturated carbocycles. The molecule has 30 heavy (non-hydrogen) atoms. The normalized spacial score (nSPS) is 11.4. The van der Waals surface area contributed by atoms with E-state index in [-0.39, 0.29) is 0 Å². The Kier molecular flexibility index (Phi) is 6.41. The number of H-pyrrole nitrogens is 2. The molecular formula is C23H27N5O2. The summed E-state index contributed by atoms with van der Waals surface area (Å²) >= 11 is 0. The summed E-state index contributed by atoms with van der Waals surface area (Å²) in [6.45, 7) is 5.59. The zero-order valence-electron chi connectivity index (χ0n) is 17.4. The van der Waals surface area contributed by atoms with Crippen molar-refractivity contribution in [1.29, 1.82) is 0 Å². The fourth-order valence-corrected chi connectivity index (χ4v) is 3.45. The highest BCUT2D eigenvalue weighted by Gasteiger charge is 2.10. The smallest absolute Gasteiger partial charge is 0.129 e. The fraction of sp³-hybridized carbons (Fsp3) is 0.304. The molecule has 0 fully saturated rings. The third-order valence-corrected chi connectivity index (χ3v) is 4.93. The molecule has 7 nitrogen and oxygen atoms in total. The summed E-state index contributed by atoms with van der Waals surface area (Å²) in [5.74, 6) is 2.50. The number of imidazole rings is 1. The van der Waals surface area contributed by atoms with Crippen molar-refractivity contribution in [3.05, 3.63) is 60.6 Å². The fourth-order valence-electron chi connectivity index (χ4n) is 3.45. The first-order chi connectivity index (χ1) is 14.7. The lowest BCUT2D eigenvalue weighted by Crippen LogP contribution is -2.28. The van der Waals surface area contributed by atoms with Gasteiger partial charge < -0.3 is 14.5 Å². The number of aromatic amines is 2. The van der Waals surface area contributed by atoms with Gasteiger partial charge in [-0.3, -0.25) is 10.00 Å². The topological polar surface area (TPSA) is 79.1 Å². The molecule has 2 heterocycles. The third kappa shape index (κ3) is 4.87. The first-order valence-electron chi connectivity index (χ1n) is 10.2. The first-order valence-corrected chi connectivity index (χ1v) is 10.2. The molecule has 2 N–H and O–H groups in total. The third-order valence-electron chi connectivity index (χ3n) is 4.93. The lowest BCUT2D eigenvalue weighted by Gasteiger charge is -2.19. The van der Waals surface area contributed by atoms with Crippen molar-refractivity contribution in [3.8, 4) is 22.8 Å². The van der Waals surface area contributed by atoms with Gasteiger partial charge in [-0.2, -0.15) is 5.10 Å². The van der Waals surface area contributed by atoms with Gasteiger partial charge in [0.25, 0.3) is 0 Å². The highest BCUT2D eigenvalue weighted by molar-refractivity contribution is 5.77. The van der Waals surface area contributed by atoms with Gasteiger partial charge in [-0.25, -0.2) is 4.98 Å². The van der Waals surface area contributed by atoms with Crippen molar-refractivity contribution in [2.24, 2.45) is 0 Å². The molecule has 0 aliphatic rings. The Morgan fingerprint density at radius 3 is 2.57 bits per heavy atom. The Morgan fingerprint density at radius 1 is 1.00 bits per heavy atom. The Hall–Kier alpha value is -3.16. The SMILES string of the molecule is CCCN(CCOC)Cc1nc2cc(Oc3ccc(-c4ccn[nH]4)cc3)ccc2[nH]1. The molecule has 0 aliphatic carbocycles. The minimum atomic E-state index is 0.720. The van der Waals surface area contributed by atoms with Crippen molar-refractivity contribution in [1.82, 2.24) is 25.1 Å². The Balaban J connectivity index is 1.45. The number of aromatic nitrogens is 4. The summed E-state index contributed by atoms with van der Waals surface area (Å²) in [7, 11) is 1.73. The number of hydrogen-bond donors (Lipinski definition) is 2. The molecule has 7 heteroatoms. The molecule has 4 aromatic rings. The summed E-state index contributed by atoms with van der Waals surface area (Å²) in [4.78, 5) is 10.5. The number of fused-ring (bicyclic) bond motifs is 1. The van der Waals surface area contributed by atoms with Crippen molar-refractivity contribution in [2.45, 2.75) is 19.9 Å². The Morgan fingerprint density at radius 2 is 1.83 bits per heavy atom. The second-order valence-corrected chi connectivity index (χ2v) is 7.23. The van der Waals surface area contributed by atoms with E-state index in [1.54, 1.807) is 13.3 Å². The predicted octanol–water partition coefficient (Wildman–Crippen LogP) is 4.60. The van der Waals surface area contributed by atoms with Crippen molar-refractivity contribution >= 4 is 11.0 Å². The van der Waals surface area contributed by atoms with Gasteiger partial charge in [-0.15, -0.1) is 0 Å². The van der Waals surface area contributed by atoms with Crippen LogP contribution in [0.1, 0.15) is 19.2 Å². The summed E-state index contributed by atoms with van der Waals surface area (Å²) in [6, 6.07) is 15.8. The van der Waals surface area contributed by atoms with Crippen LogP contribution in [0.4, 0.5) is 0 Å². The zero-order valence-corrected chi connectivity index (χ0v) is 17.4. The summed E-state index contributed by atoms with van der Waals surface area (Å²) < 4.78 is 11.3. The van der Waals surface area contributed by atoms with Crippen LogP contribution >= 0.6 is 0 Å². The molecule has 0 amide bonds. The monoisotopic (exact) mass is 405 g/mol. The van der Waals surface area contributed by atoms with Crippen molar-refractivity contribution < 1.29 is 9.47 Å².